The van der Waals surface area contributed by atoms with Crippen molar-refractivity contribution in [2.24, 2.45) is 5.41 Å². The number of amides is 1. The first-order valence-corrected chi connectivity index (χ1v) is 9.74. The van der Waals surface area contributed by atoms with Crippen molar-refractivity contribution < 1.29 is 19.1 Å². The van der Waals surface area contributed by atoms with Crippen molar-refractivity contribution in [2.75, 3.05) is 13.7 Å². The highest BCUT2D eigenvalue weighted by Crippen LogP contribution is 2.56. The largest absolute Gasteiger partial charge is 0.448 e. The average Bonchev–Trinajstić information content (AvgIpc) is 3.16. The van der Waals surface area contributed by atoms with Gasteiger partial charge in [0.1, 0.15) is 0 Å². The van der Waals surface area contributed by atoms with Crippen molar-refractivity contribution in [3.8, 4) is 0 Å². The van der Waals surface area contributed by atoms with E-state index in [1.165, 1.54) is 12.8 Å². The first-order chi connectivity index (χ1) is 12.6. The molecule has 1 aliphatic heterocycles. The topological polar surface area (TPSA) is 55.8 Å². The summed E-state index contributed by atoms with van der Waals surface area (Å²) >= 11 is 0. The molecule has 2 saturated carbocycles. The molecule has 0 saturated heterocycles. The van der Waals surface area contributed by atoms with Crippen molar-refractivity contribution in [2.45, 2.75) is 63.7 Å². The monoisotopic (exact) mass is 357 g/mol. The Morgan fingerprint density at radius 2 is 2.04 bits per heavy atom. The van der Waals surface area contributed by atoms with E-state index in [2.05, 4.69) is 0 Å². The summed E-state index contributed by atoms with van der Waals surface area (Å²) in [6, 6.07) is 7.57. The Labute approximate surface area is 154 Å². The molecule has 1 heterocycles. The van der Waals surface area contributed by atoms with E-state index in [0.29, 0.717) is 18.6 Å². The summed E-state index contributed by atoms with van der Waals surface area (Å²) in [5.41, 5.74) is 1.56. The van der Waals surface area contributed by atoms with E-state index >= 15 is 0 Å². The van der Waals surface area contributed by atoms with Gasteiger partial charge in [0.25, 0.3) is 5.91 Å². The van der Waals surface area contributed by atoms with Gasteiger partial charge in [0.2, 0.25) is 0 Å². The standard InChI is InChI=1S/C21H27NO4/c1-3-25-18-13-17(21(18)10-6-7-11-21)22(2)19(23)16-12-14-8-4-5-9-15(14)20(24)26-16/h4-5,8-9,16-18H,3,6-7,10-13H2,1-2H3/t16-,17+,18+/m0/s1. The van der Waals surface area contributed by atoms with Crippen molar-refractivity contribution in [3.05, 3.63) is 35.4 Å². The maximum absolute atomic E-state index is 13.1. The van der Waals surface area contributed by atoms with Gasteiger partial charge in [-0.05, 0) is 37.8 Å². The van der Waals surface area contributed by atoms with Gasteiger partial charge in [0.15, 0.2) is 6.10 Å². The normalized spacial score (nSPS) is 29.0. The van der Waals surface area contributed by atoms with E-state index < -0.39 is 12.1 Å². The molecule has 140 valence electrons. The third-order valence-corrected chi connectivity index (χ3v) is 6.63. The molecule has 0 aromatic heterocycles. The van der Waals surface area contributed by atoms with Crippen LogP contribution in [0.5, 0.6) is 0 Å². The van der Waals surface area contributed by atoms with Gasteiger partial charge in [-0.2, -0.15) is 0 Å². The first-order valence-electron chi connectivity index (χ1n) is 9.74. The van der Waals surface area contributed by atoms with Crippen LogP contribution in [0.4, 0.5) is 0 Å². The smallest absolute Gasteiger partial charge is 0.339 e. The molecule has 26 heavy (non-hydrogen) atoms. The first kappa shape index (κ1) is 17.5. The highest BCUT2D eigenvalue weighted by molar-refractivity contribution is 5.95. The molecule has 4 rings (SSSR count). The number of rotatable bonds is 4. The number of carbonyl (C=O) groups excluding carboxylic acids is 2. The fraction of sp³-hybridized carbons (Fsp3) is 0.619. The van der Waals surface area contributed by atoms with E-state index in [1.54, 1.807) is 6.07 Å². The highest BCUT2D eigenvalue weighted by Gasteiger charge is 2.59. The molecule has 3 aliphatic rings. The highest BCUT2D eigenvalue weighted by atomic mass is 16.5. The lowest BCUT2D eigenvalue weighted by molar-refractivity contribution is -0.177. The fourth-order valence-electron chi connectivity index (χ4n) is 5.24. The van der Waals surface area contributed by atoms with Crippen LogP contribution in [0.1, 0.15) is 54.9 Å². The van der Waals surface area contributed by atoms with Gasteiger partial charge < -0.3 is 14.4 Å². The van der Waals surface area contributed by atoms with Crippen molar-refractivity contribution >= 4 is 11.9 Å². The number of hydrogen-bond donors (Lipinski definition) is 0. The summed E-state index contributed by atoms with van der Waals surface area (Å²) in [6.07, 6.45) is 5.52. The van der Waals surface area contributed by atoms with Gasteiger partial charge in [-0.3, -0.25) is 4.79 Å². The number of likely N-dealkylation sites (N-methyl/N-ethyl adjacent to an activating group) is 1. The van der Waals surface area contributed by atoms with Crippen LogP contribution in [0.25, 0.3) is 0 Å². The van der Waals surface area contributed by atoms with Crippen molar-refractivity contribution in [3.63, 3.8) is 0 Å². The van der Waals surface area contributed by atoms with Crippen LogP contribution < -0.4 is 0 Å². The second kappa shape index (κ2) is 6.69. The Morgan fingerprint density at radius 1 is 1.31 bits per heavy atom. The zero-order valence-corrected chi connectivity index (χ0v) is 15.6. The predicted molar refractivity (Wildman–Crippen MR) is 96.8 cm³/mol. The summed E-state index contributed by atoms with van der Waals surface area (Å²) < 4.78 is 11.4. The molecule has 0 N–H and O–H groups in total. The van der Waals surface area contributed by atoms with Crippen LogP contribution in [0, 0.1) is 5.41 Å². The molecule has 2 aliphatic carbocycles. The molecule has 5 heteroatoms. The molecular formula is C21H27NO4. The second-order valence-corrected chi connectivity index (χ2v) is 7.84. The van der Waals surface area contributed by atoms with Crippen LogP contribution in [0.3, 0.4) is 0 Å². The number of cyclic esters (lactones) is 1. The molecular weight excluding hydrogens is 330 g/mol. The van der Waals surface area contributed by atoms with Gasteiger partial charge >= 0.3 is 5.97 Å². The summed E-state index contributed by atoms with van der Waals surface area (Å²) in [5.74, 6) is -0.478. The number of fused-ring (bicyclic) bond motifs is 1. The number of esters is 1. The molecule has 1 spiro atoms. The van der Waals surface area contributed by atoms with E-state index in [-0.39, 0.29) is 23.5 Å². The van der Waals surface area contributed by atoms with Crippen LogP contribution >= 0.6 is 0 Å². The summed E-state index contributed by atoms with van der Waals surface area (Å²) in [6.45, 7) is 2.75. The van der Waals surface area contributed by atoms with E-state index in [1.807, 2.05) is 37.1 Å². The Kier molecular flexibility index (Phi) is 4.51. The molecule has 2 fully saturated rings. The summed E-state index contributed by atoms with van der Waals surface area (Å²) in [7, 11) is 1.86. The van der Waals surface area contributed by atoms with Crippen LogP contribution in [-0.2, 0) is 20.7 Å². The summed E-state index contributed by atoms with van der Waals surface area (Å²) in [5, 5.41) is 0. The Hall–Kier alpha value is -1.88. The SMILES string of the molecule is CCO[C@@H]1C[C@@H](N(C)C(=O)[C@@H]2Cc3ccccc3C(=O)O2)C12CCCC2. The fourth-order valence-corrected chi connectivity index (χ4v) is 5.24. The van der Waals surface area contributed by atoms with Crippen molar-refractivity contribution in [1.82, 2.24) is 4.90 Å². The number of carbonyl (C=O) groups is 2. The average molecular weight is 357 g/mol. The maximum Gasteiger partial charge on any atom is 0.339 e. The molecule has 3 atom stereocenters. The van der Waals surface area contributed by atoms with E-state index in [9.17, 15) is 9.59 Å². The molecule has 0 radical (unpaired) electrons. The van der Waals surface area contributed by atoms with E-state index in [4.69, 9.17) is 9.47 Å². The number of nitrogens with zero attached hydrogens (tertiary/aromatic N) is 1. The minimum Gasteiger partial charge on any atom is -0.448 e. The number of hydrogen-bond acceptors (Lipinski definition) is 4. The van der Waals surface area contributed by atoms with Gasteiger partial charge in [0, 0.05) is 31.5 Å². The maximum atomic E-state index is 13.1. The lowest BCUT2D eigenvalue weighted by Crippen LogP contribution is -2.65. The van der Waals surface area contributed by atoms with Crippen molar-refractivity contribution in [1.29, 1.82) is 0 Å². The van der Waals surface area contributed by atoms with Gasteiger partial charge in [-0.15, -0.1) is 0 Å². The van der Waals surface area contributed by atoms with Crippen LogP contribution in [0.2, 0.25) is 0 Å². The zero-order valence-electron chi connectivity index (χ0n) is 15.6. The Morgan fingerprint density at radius 3 is 2.77 bits per heavy atom. The van der Waals surface area contributed by atoms with Crippen LogP contribution in [-0.4, -0.2) is 48.7 Å². The lowest BCUT2D eigenvalue weighted by atomic mass is 9.60. The Balaban J connectivity index is 1.50. The molecule has 1 aromatic rings. The molecule has 0 unspecified atom stereocenters. The number of benzene rings is 1. The van der Waals surface area contributed by atoms with E-state index in [0.717, 1.165) is 24.8 Å². The third-order valence-electron chi connectivity index (χ3n) is 6.63. The predicted octanol–water partition coefficient (Wildman–Crippen LogP) is 2.96. The Bertz CT molecular complexity index is 710. The second-order valence-electron chi connectivity index (χ2n) is 7.84. The minimum absolute atomic E-state index is 0.0842. The quantitative estimate of drug-likeness (QED) is 0.778. The molecule has 1 aromatic carbocycles. The zero-order chi connectivity index (χ0) is 18.3. The number of ether oxygens (including phenoxy) is 2. The molecule has 5 nitrogen and oxygen atoms in total. The molecule has 1 amide bonds. The van der Waals surface area contributed by atoms with Gasteiger partial charge in [-0.1, -0.05) is 31.0 Å². The summed E-state index contributed by atoms with van der Waals surface area (Å²) in [4.78, 5) is 27.2. The van der Waals surface area contributed by atoms with Crippen LogP contribution in [0.15, 0.2) is 24.3 Å². The lowest BCUT2D eigenvalue weighted by Gasteiger charge is -2.57. The third kappa shape index (κ3) is 2.64. The van der Waals surface area contributed by atoms with Gasteiger partial charge in [0.05, 0.1) is 11.7 Å². The minimum atomic E-state index is -0.716. The molecule has 0 bridgehead atoms. The van der Waals surface area contributed by atoms with Gasteiger partial charge in [-0.25, -0.2) is 4.79 Å².